The summed E-state index contributed by atoms with van der Waals surface area (Å²) >= 11 is 1.76. The summed E-state index contributed by atoms with van der Waals surface area (Å²) in [6.45, 7) is 6.04. The van der Waals surface area contributed by atoms with Gasteiger partial charge < -0.3 is 15.4 Å². The number of likely N-dealkylation sites (N-methyl/N-ethyl adjacent to an activating group) is 1. The van der Waals surface area contributed by atoms with E-state index in [2.05, 4.69) is 22.4 Å². The monoisotopic (exact) mass is 325 g/mol. The zero-order valence-corrected chi connectivity index (χ0v) is 14.3. The number of hydrogen-bond donors (Lipinski definition) is 1. The lowest BCUT2D eigenvalue weighted by atomic mass is 10.1. The van der Waals surface area contributed by atoms with E-state index in [1.807, 2.05) is 18.9 Å². The Bertz CT molecular complexity index is 444. The summed E-state index contributed by atoms with van der Waals surface area (Å²) in [4.78, 5) is 17.9. The number of rotatable bonds is 7. The van der Waals surface area contributed by atoms with Gasteiger partial charge in [0.15, 0.2) is 0 Å². The summed E-state index contributed by atoms with van der Waals surface area (Å²) in [6, 6.07) is 4.56. The molecule has 22 heavy (non-hydrogen) atoms. The average Bonchev–Trinajstić information content (AvgIpc) is 3.04. The Kier molecular flexibility index (Phi) is 6.82. The normalized spacial score (nSPS) is 18.9. The van der Waals surface area contributed by atoms with Crippen molar-refractivity contribution in [2.75, 3.05) is 39.9 Å². The molecule has 1 saturated heterocycles. The number of morpholine rings is 1. The van der Waals surface area contributed by atoms with Crippen molar-refractivity contribution in [2.45, 2.75) is 31.8 Å². The van der Waals surface area contributed by atoms with E-state index in [9.17, 15) is 4.79 Å². The van der Waals surface area contributed by atoms with Crippen LogP contribution in [0.5, 0.6) is 0 Å². The number of carbonyl (C=O) groups excluding carboxylic acids is 1. The van der Waals surface area contributed by atoms with Crippen LogP contribution in [0.4, 0.5) is 0 Å². The fourth-order valence-corrected chi connectivity index (χ4v) is 3.51. The Labute approximate surface area is 137 Å². The van der Waals surface area contributed by atoms with Gasteiger partial charge in [0, 0.05) is 44.0 Å². The first-order chi connectivity index (χ1) is 10.6. The summed E-state index contributed by atoms with van der Waals surface area (Å²) in [5, 5.41) is 2.10. The average molecular weight is 325 g/mol. The van der Waals surface area contributed by atoms with Gasteiger partial charge in [-0.05, 0) is 24.8 Å². The van der Waals surface area contributed by atoms with E-state index in [4.69, 9.17) is 10.5 Å². The zero-order chi connectivity index (χ0) is 15.9. The molecule has 0 saturated carbocycles. The first-order valence-corrected chi connectivity index (χ1v) is 8.80. The molecule has 124 valence electrons. The minimum Gasteiger partial charge on any atom is -0.379 e. The lowest BCUT2D eigenvalue weighted by Crippen LogP contribution is -2.44. The second kappa shape index (κ2) is 8.62. The van der Waals surface area contributed by atoms with Gasteiger partial charge in [0.1, 0.15) is 0 Å². The van der Waals surface area contributed by atoms with Crippen LogP contribution in [0, 0.1) is 0 Å². The highest BCUT2D eigenvalue weighted by Gasteiger charge is 2.26. The number of nitrogens with zero attached hydrogens (tertiary/aromatic N) is 2. The molecule has 2 rings (SSSR count). The van der Waals surface area contributed by atoms with Crippen LogP contribution in [0.1, 0.15) is 30.7 Å². The molecule has 0 bridgehead atoms. The maximum absolute atomic E-state index is 12.3. The van der Waals surface area contributed by atoms with E-state index in [1.54, 1.807) is 11.3 Å². The molecular weight excluding hydrogens is 298 g/mol. The highest BCUT2D eigenvalue weighted by atomic mass is 32.1. The van der Waals surface area contributed by atoms with Crippen molar-refractivity contribution in [2.24, 2.45) is 5.73 Å². The van der Waals surface area contributed by atoms with Crippen LogP contribution in [0.2, 0.25) is 0 Å². The van der Waals surface area contributed by atoms with E-state index < -0.39 is 0 Å². The first kappa shape index (κ1) is 17.4. The molecule has 0 aliphatic carbocycles. The summed E-state index contributed by atoms with van der Waals surface area (Å²) < 4.78 is 5.45. The van der Waals surface area contributed by atoms with Crippen LogP contribution in [0.3, 0.4) is 0 Å². The van der Waals surface area contributed by atoms with Crippen molar-refractivity contribution in [3.8, 4) is 0 Å². The van der Waals surface area contributed by atoms with E-state index in [1.165, 1.54) is 4.88 Å². The minimum absolute atomic E-state index is 0.0738. The standard InChI is InChI=1S/C16H27N3O2S/c1-13(17)5-6-16(20)18(2)12-14(15-4-3-11-22-15)19-7-9-21-10-8-19/h3-4,11,13-14H,5-10,12,17H2,1-2H3. The predicted octanol–water partition coefficient (Wildman–Crippen LogP) is 1.71. The van der Waals surface area contributed by atoms with Gasteiger partial charge in [-0.25, -0.2) is 0 Å². The van der Waals surface area contributed by atoms with Gasteiger partial charge in [-0.2, -0.15) is 0 Å². The highest BCUT2D eigenvalue weighted by Crippen LogP contribution is 2.26. The molecule has 1 aliphatic rings. The number of amides is 1. The van der Waals surface area contributed by atoms with E-state index in [-0.39, 0.29) is 18.0 Å². The van der Waals surface area contributed by atoms with Gasteiger partial charge in [0.25, 0.3) is 0 Å². The second-order valence-electron chi connectivity index (χ2n) is 5.97. The van der Waals surface area contributed by atoms with Gasteiger partial charge in [0.2, 0.25) is 5.91 Å². The molecule has 5 nitrogen and oxygen atoms in total. The van der Waals surface area contributed by atoms with Gasteiger partial charge >= 0.3 is 0 Å². The summed E-state index contributed by atoms with van der Waals surface area (Å²) in [5.74, 6) is 0.173. The molecule has 0 spiro atoms. The Morgan fingerprint density at radius 1 is 1.50 bits per heavy atom. The third-order valence-electron chi connectivity index (χ3n) is 4.04. The third kappa shape index (κ3) is 5.05. The smallest absolute Gasteiger partial charge is 0.222 e. The quantitative estimate of drug-likeness (QED) is 0.829. The second-order valence-corrected chi connectivity index (χ2v) is 6.95. The molecule has 2 heterocycles. The Morgan fingerprint density at radius 2 is 2.23 bits per heavy atom. The largest absolute Gasteiger partial charge is 0.379 e. The number of thiophene rings is 1. The molecule has 0 radical (unpaired) electrons. The van der Waals surface area contributed by atoms with Crippen LogP contribution < -0.4 is 5.73 Å². The fourth-order valence-electron chi connectivity index (χ4n) is 2.66. The molecule has 0 aromatic carbocycles. The third-order valence-corrected chi connectivity index (χ3v) is 5.02. The van der Waals surface area contributed by atoms with Crippen molar-refractivity contribution >= 4 is 17.2 Å². The van der Waals surface area contributed by atoms with Gasteiger partial charge in [0.05, 0.1) is 19.3 Å². The van der Waals surface area contributed by atoms with Crippen LogP contribution in [0.25, 0.3) is 0 Å². The molecule has 2 atom stereocenters. The molecule has 1 aliphatic heterocycles. The summed E-state index contributed by atoms with van der Waals surface area (Å²) in [6.07, 6.45) is 1.26. The summed E-state index contributed by atoms with van der Waals surface area (Å²) in [5.41, 5.74) is 5.74. The van der Waals surface area contributed by atoms with Crippen molar-refractivity contribution in [3.63, 3.8) is 0 Å². The number of nitrogens with two attached hydrogens (primary N) is 1. The fraction of sp³-hybridized carbons (Fsp3) is 0.688. The van der Waals surface area contributed by atoms with Crippen LogP contribution in [0.15, 0.2) is 17.5 Å². The van der Waals surface area contributed by atoms with Crippen molar-refractivity contribution in [1.29, 1.82) is 0 Å². The molecular formula is C16H27N3O2S. The lowest BCUT2D eigenvalue weighted by Gasteiger charge is -2.36. The number of carbonyl (C=O) groups is 1. The van der Waals surface area contributed by atoms with Crippen molar-refractivity contribution in [1.82, 2.24) is 9.80 Å². The number of hydrogen-bond acceptors (Lipinski definition) is 5. The lowest BCUT2D eigenvalue weighted by molar-refractivity contribution is -0.131. The van der Waals surface area contributed by atoms with Gasteiger partial charge in [-0.15, -0.1) is 11.3 Å². The Morgan fingerprint density at radius 3 is 2.82 bits per heavy atom. The number of ether oxygens (including phenoxy) is 1. The SMILES string of the molecule is CC(N)CCC(=O)N(C)CC(c1cccs1)N1CCOCC1. The van der Waals surface area contributed by atoms with E-state index in [0.29, 0.717) is 6.42 Å². The molecule has 6 heteroatoms. The van der Waals surface area contributed by atoms with Crippen LogP contribution in [-0.4, -0.2) is 61.6 Å². The molecule has 2 N–H and O–H groups in total. The van der Waals surface area contributed by atoms with E-state index in [0.717, 1.165) is 39.3 Å². The molecule has 2 unspecified atom stereocenters. The molecule has 1 aromatic rings. The predicted molar refractivity (Wildman–Crippen MR) is 90.0 cm³/mol. The van der Waals surface area contributed by atoms with E-state index >= 15 is 0 Å². The van der Waals surface area contributed by atoms with Crippen LogP contribution in [-0.2, 0) is 9.53 Å². The van der Waals surface area contributed by atoms with Gasteiger partial charge in [-0.1, -0.05) is 6.07 Å². The molecule has 1 amide bonds. The highest BCUT2D eigenvalue weighted by molar-refractivity contribution is 7.10. The Balaban J connectivity index is 1.98. The summed E-state index contributed by atoms with van der Waals surface area (Å²) in [7, 11) is 1.89. The maximum Gasteiger partial charge on any atom is 0.222 e. The van der Waals surface area contributed by atoms with Crippen molar-refractivity contribution in [3.05, 3.63) is 22.4 Å². The van der Waals surface area contributed by atoms with Crippen LogP contribution >= 0.6 is 11.3 Å². The minimum atomic E-state index is 0.0738. The van der Waals surface area contributed by atoms with Crippen molar-refractivity contribution < 1.29 is 9.53 Å². The maximum atomic E-state index is 12.3. The molecule has 1 fully saturated rings. The molecule has 1 aromatic heterocycles. The Hall–Kier alpha value is -0.950. The van der Waals surface area contributed by atoms with Gasteiger partial charge in [-0.3, -0.25) is 9.69 Å². The topological polar surface area (TPSA) is 58.8 Å². The zero-order valence-electron chi connectivity index (χ0n) is 13.5. The first-order valence-electron chi connectivity index (χ1n) is 7.92.